The molecule has 2 N–H and O–H groups in total. The van der Waals surface area contributed by atoms with Crippen molar-refractivity contribution in [3.63, 3.8) is 0 Å². The number of hydrogen-bond acceptors (Lipinski definition) is 9. The molecule has 16 heteroatoms. The number of ether oxygens (including phenoxy) is 2. The summed E-state index contributed by atoms with van der Waals surface area (Å²) in [6, 6.07) is 16.0. The number of rotatable bonds is 15. The quantitative estimate of drug-likeness (QED) is 0.0511. The van der Waals surface area contributed by atoms with Gasteiger partial charge in [0.15, 0.2) is 34.3 Å². The monoisotopic (exact) mass is 748 g/mol. The molecule has 4 rings (SSSR count). The maximum atomic E-state index is 14.6. The van der Waals surface area contributed by atoms with Gasteiger partial charge in [-0.25, -0.2) is 35.6 Å². The summed E-state index contributed by atoms with van der Waals surface area (Å²) in [5.41, 5.74) is -1.32. The van der Waals surface area contributed by atoms with Gasteiger partial charge in [0.2, 0.25) is 11.1 Å². The number of carboxylic acids is 1. The fraction of sp³-hybridized carbons (Fsp3) is 0.143. The zero-order chi connectivity index (χ0) is 37.2. The van der Waals surface area contributed by atoms with Crippen LogP contribution in [0, 0.1) is 23.3 Å². The summed E-state index contributed by atoms with van der Waals surface area (Å²) < 4.78 is 101. The Kier molecular flexibility index (Phi) is 13.5. The van der Waals surface area contributed by atoms with Gasteiger partial charge < -0.3 is 23.9 Å². The predicted molar refractivity (Wildman–Crippen MR) is 179 cm³/mol. The van der Waals surface area contributed by atoms with E-state index >= 15 is 0 Å². The van der Waals surface area contributed by atoms with Crippen molar-refractivity contribution >= 4 is 56.4 Å². The molecule has 0 aliphatic carbocycles. The van der Waals surface area contributed by atoms with Crippen molar-refractivity contribution in [2.75, 3.05) is 33.4 Å². The maximum Gasteiger partial charge on any atom is 0.339 e. The number of halogens is 4. The van der Waals surface area contributed by atoms with Crippen molar-refractivity contribution < 1.29 is 63.6 Å². The second kappa shape index (κ2) is 17.8. The van der Waals surface area contributed by atoms with Gasteiger partial charge in [-0.2, -0.15) is 0 Å². The van der Waals surface area contributed by atoms with E-state index in [1.807, 2.05) is 0 Å². The van der Waals surface area contributed by atoms with Gasteiger partial charge in [-0.1, -0.05) is 36.4 Å². The van der Waals surface area contributed by atoms with E-state index in [-0.39, 0.29) is 49.6 Å². The SMILES string of the molecule is COS(=O)c1ccc(/C(COC(=O)/C(=C(\COCO)c2ccc(OS(C)=O)cc2)c2ccc(F)c(F)c2)=C(/C(=O)O)c2ccc(F)c(F)c2)cc1. The van der Waals surface area contributed by atoms with Crippen LogP contribution in [0.15, 0.2) is 89.8 Å². The Balaban J connectivity index is 1.90. The van der Waals surface area contributed by atoms with Gasteiger partial charge in [-0.05, 0) is 70.8 Å². The minimum absolute atomic E-state index is 0.000204. The second-order valence-electron chi connectivity index (χ2n) is 10.3. The summed E-state index contributed by atoms with van der Waals surface area (Å²) in [5, 5.41) is 19.7. The average molecular weight is 749 g/mol. The summed E-state index contributed by atoms with van der Waals surface area (Å²) in [7, 11) is 1.20. The zero-order valence-electron chi connectivity index (χ0n) is 26.7. The third kappa shape index (κ3) is 9.83. The summed E-state index contributed by atoms with van der Waals surface area (Å²) in [4.78, 5) is 26.9. The molecule has 0 heterocycles. The molecule has 0 saturated carbocycles. The number of esters is 1. The molecule has 2 atom stereocenters. The number of aliphatic carboxylic acids is 1. The predicted octanol–water partition coefficient (Wildman–Crippen LogP) is 5.70. The molecule has 0 saturated heterocycles. The van der Waals surface area contributed by atoms with Gasteiger partial charge in [0, 0.05) is 17.4 Å². The molecule has 0 fully saturated rings. The molecule has 268 valence electrons. The Labute approximate surface area is 293 Å². The first-order valence-corrected chi connectivity index (χ1v) is 17.0. The van der Waals surface area contributed by atoms with Crippen molar-refractivity contribution in [1.82, 2.24) is 0 Å². The van der Waals surface area contributed by atoms with Crippen LogP contribution >= 0.6 is 0 Å². The molecule has 4 aromatic carbocycles. The molecule has 0 aromatic heterocycles. The van der Waals surface area contributed by atoms with Crippen molar-refractivity contribution in [1.29, 1.82) is 0 Å². The van der Waals surface area contributed by atoms with Crippen LogP contribution in [0.3, 0.4) is 0 Å². The summed E-state index contributed by atoms with van der Waals surface area (Å²) in [6.07, 6.45) is 1.30. The van der Waals surface area contributed by atoms with E-state index in [0.717, 1.165) is 24.3 Å². The second-order valence-corrected chi connectivity index (χ2v) is 12.5. The number of carboxylic acid groups (broad SMARTS) is 1. The molecule has 2 unspecified atom stereocenters. The molecule has 0 bridgehead atoms. The van der Waals surface area contributed by atoms with Gasteiger partial charge in [0.05, 0.1) is 29.8 Å². The Morgan fingerprint density at radius 1 is 0.686 bits per heavy atom. The Morgan fingerprint density at radius 3 is 1.65 bits per heavy atom. The largest absolute Gasteiger partial charge is 0.478 e. The lowest BCUT2D eigenvalue weighted by Gasteiger charge is -2.18. The van der Waals surface area contributed by atoms with Gasteiger partial charge in [0.25, 0.3) is 0 Å². The Bertz CT molecular complexity index is 2030. The fourth-order valence-corrected chi connectivity index (χ4v) is 5.75. The average Bonchev–Trinajstić information content (AvgIpc) is 3.10. The maximum absolute atomic E-state index is 14.6. The molecule has 0 aliphatic rings. The number of hydrogen-bond donors (Lipinski definition) is 2. The van der Waals surface area contributed by atoms with E-state index in [2.05, 4.69) is 0 Å². The molecule has 0 spiro atoms. The third-order valence-electron chi connectivity index (χ3n) is 7.09. The third-order valence-corrected chi connectivity index (χ3v) is 8.47. The van der Waals surface area contributed by atoms with Crippen LogP contribution in [0.25, 0.3) is 22.3 Å². The first-order valence-electron chi connectivity index (χ1n) is 14.5. The Hall–Kier alpha value is -5.00. The highest BCUT2D eigenvalue weighted by Crippen LogP contribution is 2.33. The summed E-state index contributed by atoms with van der Waals surface area (Å²) in [5.74, 6) is -7.77. The van der Waals surface area contributed by atoms with Gasteiger partial charge in [0.1, 0.15) is 19.1 Å². The number of carbonyl (C=O) groups excluding carboxylic acids is 1. The van der Waals surface area contributed by atoms with E-state index in [1.165, 1.54) is 61.9 Å². The van der Waals surface area contributed by atoms with Gasteiger partial charge in [-0.15, -0.1) is 0 Å². The molecule has 0 radical (unpaired) electrons. The van der Waals surface area contributed by atoms with Crippen LogP contribution in [0.2, 0.25) is 0 Å². The van der Waals surface area contributed by atoms with Crippen LogP contribution in [-0.2, 0) is 45.4 Å². The number of benzene rings is 4. The highest BCUT2D eigenvalue weighted by atomic mass is 32.2. The van der Waals surface area contributed by atoms with E-state index in [4.69, 9.17) is 17.8 Å². The van der Waals surface area contributed by atoms with Gasteiger partial charge in [-0.3, -0.25) is 4.18 Å². The standard InChI is InChI=1S/C35H28F4O10S2/c1-46-51(45)25-11-5-21(6-12-25)27(32(34(41)42)22-7-13-28(36)30(38)15-22)18-48-35(43)33(23-8-14-29(37)31(39)16-23)26(17-47-19-40)20-3-9-24(10-4-20)49-50(2)44/h3-16,40H,17-19H2,1-2H3,(H,41,42)/b32-27+,33-26+. The lowest BCUT2D eigenvalue weighted by atomic mass is 9.94. The molecular weight excluding hydrogens is 721 g/mol. The molecule has 4 aromatic rings. The smallest absolute Gasteiger partial charge is 0.339 e. The summed E-state index contributed by atoms with van der Waals surface area (Å²) in [6.45, 7) is -2.12. The van der Waals surface area contributed by atoms with Crippen LogP contribution < -0.4 is 4.18 Å². The molecular formula is C35H28F4O10S2. The first kappa shape index (κ1) is 38.8. The molecule has 10 nitrogen and oxygen atoms in total. The normalized spacial score (nSPS) is 13.5. The highest BCUT2D eigenvalue weighted by Gasteiger charge is 2.26. The van der Waals surface area contributed by atoms with Crippen molar-refractivity contribution in [3.05, 3.63) is 130 Å². The van der Waals surface area contributed by atoms with E-state index < -0.39 is 82.9 Å². The van der Waals surface area contributed by atoms with Crippen molar-refractivity contribution in [3.8, 4) is 5.75 Å². The fourth-order valence-electron chi connectivity index (χ4n) is 4.81. The zero-order valence-corrected chi connectivity index (χ0v) is 28.3. The van der Waals surface area contributed by atoms with E-state index in [9.17, 15) is 45.8 Å². The molecule has 0 amide bonds. The number of aliphatic hydroxyl groups is 1. The highest BCUT2D eigenvalue weighted by molar-refractivity contribution is 7.80. The lowest BCUT2D eigenvalue weighted by molar-refractivity contribution is -0.135. The topological polar surface area (TPSA) is 146 Å². The van der Waals surface area contributed by atoms with E-state index in [0.29, 0.717) is 12.1 Å². The van der Waals surface area contributed by atoms with Crippen LogP contribution in [0.1, 0.15) is 22.3 Å². The summed E-state index contributed by atoms with van der Waals surface area (Å²) >= 11 is -3.54. The number of aliphatic hydroxyl groups excluding tert-OH is 1. The van der Waals surface area contributed by atoms with Crippen LogP contribution in [0.5, 0.6) is 5.75 Å². The van der Waals surface area contributed by atoms with Gasteiger partial charge >= 0.3 is 11.9 Å². The molecule has 51 heavy (non-hydrogen) atoms. The van der Waals surface area contributed by atoms with Crippen molar-refractivity contribution in [2.45, 2.75) is 4.90 Å². The van der Waals surface area contributed by atoms with Crippen LogP contribution in [-0.4, -0.2) is 63.9 Å². The first-order chi connectivity index (χ1) is 24.3. The van der Waals surface area contributed by atoms with E-state index in [1.54, 1.807) is 0 Å². The minimum atomic E-state index is -1.87. The Morgan fingerprint density at radius 2 is 1.18 bits per heavy atom. The minimum Gasteiger partial charge on any atom is -0.478 e. The van der Waals surface area contributed by atoms with Crippen LogP contribution in [0.4, 0.5) is 17.6 Å². The molecule has 0 aliphatic heterocycles. The lowest BCUT2D eigenvalue weighted by Crippen LogP contribution is -2.16. The number of carbonyl (C=O) groups is 2. The van der Waals surface area contributed by atoms with Crippen molar-refractivity contribution in [2.24, 2.45) is 0 Å².